The maximum atomic E-state index is 12.8. The van der Waals surface area contributed by atoms with Crippen molar-refractivity contribution in [2.45, 2.75) is 12.7 Å². The van der Waals surface area contributed by atoms with E-state index in [4.69, 9.17) is 11.6 Å². The molecule has 0 bridgehead atoms. The van der Waals surface area contributed by atoms with Gasteiger partial charge in [0.25, 0.3) is 0 Å². The van der Waals surface area contributed by atoms with Crippen molar-refractivity contribution in [2.75, 3.05) is 7.11 Å². The summed E-state index contributed by atoms with van der Waals surface area (Å²) >= 11 is 5.73. The van der Waals surface area contributed by atoms with E-state index in [9.17, 15) is 18.0 Å². The summed E-state index contributed by atoms with van der Waals surface area (Å²) in [5.74, 6) is -1.08. The molecule has 0 aliphatic rings. The zero-order valence-electron chi connectivity index (χ0n) is 10.8. The fraction of sp³-hybridized carbons (Fsp3) is 0.231. The molecule has 21 heavy (non-hydrogen) atoms. The van der Waals surface area contributed by atoms with Crippen LogP contribution in [0.3, 0.4) is 0 Å². The minimum absolute atomic E-state index is 0.0806. The highest BCUT2D eigenvalue weighted by Crippen LogP contribution is 2.31. The van der Waals surface area contributed by atoms with E-state index < -0.39 is 23.4 Å². The standard InChI is InChI=1S/C13H10ClF3N2O2/c1-21-12(20)10-7-19(18-11(10)13(15,16)17)6-8-2-4-9(14)5-3-8/h2-5,7H,6H2,1H3. The van der Waals surface area contributed by atoms with Gasteiger partial charge in [-0.05, 0) is 17.7 Å². The summed E-state index contributed by atoms with van der Waals surface area (Å²) in [7, 11) is 1.01. The molecular weight excluding hydrogens is 309 g/mol. The summed E-state index contributed by atoms with van der Waals surface area (Å²) in [6, 6.07) is 6.56. The van der Waals surface area contributed by atoms with Gasteiger partial charge in [-0.1, -0.05) is 23.7 Å². The molecule has 8 heteroatoms. The monoisotopic (exact) mass is 318 g/mol. The average molecular weight is 319 g/mol. The Balaban J connectivity index is 2.35. The van der Waals surface area contributed by atoms with Crippen LogP contribution in [0, 0.1) is 0 Å². The van der Waals surface area contributed by atoms with E-state index in [-0.39, 0.29) is 6.54 Å². The lowest BCUT2D eigenvalue weighted by molar-refractivity contribution is -0.142. The van der Waals surface area contributed by atoms with Gasteiger partial charge in [0.05, 0.1) is 13.7 Å². The third-order valence-corrected chi connectivity index (χ3v) is 2.95. The zero-order chi connectivity index (χ0) is 15.6. The van der Waals surface area contributed by atoms with Crippen molar-refractivity contribution in [3.63, 3.8) is 0 Å². The normalized spacial score (nSPS) is 11.5. The molecule has 1 aromatic carbocycles. The Hall–Kier alpha value is -2.02. The molecular formula is C13H10ClF3N2O2. The van der Waals surface area contributed by atoms with Crippen LogP contribution in [0.4, 0.5) is 13.2 Å². The van der Waals surface area contributed by atoms with Gasteiger partial charge in [0, 0.05) is 11.2 Å². The lowest BCUT2D eigenvalue weighted by Crippen LogP contribution is -2.13. The predicted molar refractivity (Wildman–Crippen MR) is 69.1 cm³/mol. The molecule has 0 fully saturated rings. The summed E-state index contributed by atoms with van der Waals surface area (Å²) < 4.78 is 43.9. The molecule has 0 saturated carbocycles. The molecule has 0 N–H and O–H groups in total. The number of carbonyl (C=O) groups excluding carboxylic acids is 1. The number of carbonyl (C=O) groups is 1. The molecule has 0 saturated heterocycles. The van der Waals surface area contributed by atoms with Gasteiger partial charge >= 0.3 is 12.1 Å². The number of benzene rings is 1. The lowest BCUT2D eigenvalue weighted by atomic mass is 10.2. The second-order valence-electron chi connectivity index (χ2n) is 4.20. The number of hydrogen-bond acceptors (Lipinski definition) is 3. The van der Waals surface area contributed by atoms with Crippen molar-refractivity contribution in [3.05, 3.63) is 52.3 Å². The van der Waals surface area contributed by atoms with Crippen LogP contribution in [0.2, 0.25) is 5.02 Å². The Morgan fingerprint density at radius 1 is 1.33 bits per heavy atom. The van der Waals surface area contributed by atoms with E-state index in [0.29, 0.717) is 10.6 Å². The summed E-state index contributed by atoms with van der Waals surface area (Å²) in [5, 5.41) is 3.94. The fourth-order valence-electron chi connectivity index (χ4n) is 1.75. The first-order chi connectivity index (χ1) is 9.81. The maximum absolute atomic E-state index is 12.8. The molecule has 0 aliphatic heterocycles. The molecule has 0 radical (unpaired) electrons. The molecule has 0 spiro atoms. The van der Waals surface area contributed by atoms with Crippen LogP contribution in [-0.2, 0) is 17.5 Å². The predicted octanol–water partition coefficient (Wildman–Crippen LogP) is 3.39. The van der Waals surface area contributed by atoms with Crippen LogP contribution in [0.1, 0.15) is 21.6 Å². The van der Waals surface area contributed by atoms with Gasteiger partial charge in [0.1, 0.15) is 5.56 Å². The third-order valence-electron chi connectivity index (χ3n) is 2.69. The van der Waals surface area contributed by atoms with Gasteiger partial charge in [0.2, 0.25) is 0 Å². The smallest absolute Gasteiger partial charge is 0.436 e. The summed E-state index contributed by atoms with van der Waals surface area (Å²) in [4.78, 5) is 11.4. The van der Waals surface area contributed by atoms with Crippen molar-refractivity contribution < 1.29 is 22.7 Å². The molecule has 0 atom stereocenters. The van der Waals surface area contributed by atoms with E-state index >= 15 is 0 Å². The van der Waals surface area contributed by atoms with E-state index in [2.05, 4.69) is 9.84 Å². The Morgan fingerprint density at radius 2 is 1.95 bits per heavy atom. The second-order valence-corrected chi connectivity index (χ2v) is 4.64. The summed E-state index contributed by atoms with van der Waals surface area (Å²) in [6.45, 7) is 0.0806. The SMILES string of the molecule is COC(=O)c1cn(Cc2ccc(Cl)cc2)nc1C(F)(F)F. The van der Waals surface area contributed by atoms with Crippen molar-refractivity contribution in [3.8, 4) is 0 Å². The molecule has 0 amide bonds. The number of ether oxygens (including phenoxy) is 1. The Morgan fingerprint density at radius 3 is 2.48 bits per heavy atom. The number of nitrogens with zero attached hydrogens (tertiary/aromatic N) is 2. The van der Waals surface area contributed by atoms with E-state index in [1.807, 2.05) is 0 Å². The summed E-state index contributed by atoms with van der Waals surface area (Å²) in [6.07, 6.45) is -3.71. The van der Waals surface area contributed by atoms with Crippen LogP contribution < -0.4 is 0 Å². The molecule has 1 aromatic heterocycles. The molecule has 2 aromatic rings. The third kappa shape index (κ3) is 3.55. The van der Waals surface area contributed by atoms with Crippen molar-refractivity contribution >= 4 is 17.6 Å². The van der Waals surface area contributed by atoms with E-state index in [1.54, 1.807) is 24.3 Å². The number of alkyl halides is 3. The molecule has 0 aliphatic carbocycles. The first kappa shape index (κ1) is 15.4. The van der Waals surface area contributed by atoms with Crippen LogP contribution >= 0.6 is 11.6 Å². The van der Waals surface area contributed by atoms with Crippen LogP contribution in [0.5, 0.6) is 0 Å². The lowest BCUT2D eigenvalue weighted by Gasteiger charge is -2.04. The minimum Gasteiger partial charge on any atom is -0.465 e. The van der Waals surface area contributed by atoms with Gasteiger partial charge in [-0.25, -0.2) is 4.79 Å². The zero-order valence-corrected chi connectivity index (χ0v) is 11.6. The molecule has 112 valence electrons. The number of hydrogen-bond donors (Lipinski definition) is 0. The quantitative estimate of drug-likeness (QED) is 0.815. The molecule has 2 rings (SSSR count). The Labute approximate surface area is 123 Å². The highest BCUT2D eigenvalue weighted by atomic mass is 35.5. The van der Waals surface area contributed by atoms with Gasteiger partial charge in [-0.2, -0.15) is 18.3 Å². The van der Waals surface area contributed by atoms with Crippen LogP contribution in [0.15, 0.2) is 30.5 Å². The van der Waals surface area contributed by atoms with Crippen molar-refractivity contribution in [1.29, 1.82) is 0 Å². The molecule has 1 heterocycles. The Kier molecular flexibility index (Phi) is 4.22. The van der Waals surface area contributed by atoms with Gasteiger partial charge in [-0.3, -0.25) is 4.68 Å². The fourth-order valence-corrected chi connectivity index (χ4v) is 1.87. The second kappa shape index (κ2) is 5.77. The molecule has 4 nitrogen and oxygen atoms in total. The largest absolute Gasteiger partial charge is 0.465 e. The van der Waals surface area contributed by atoms with E-state index in [0.717, 1.165) is 18.0 Å². The average Bonchev–Trinajstić information content (AvgIpc) is 2.84. The number of rotatable bonds is 3. The highest BCUT2D eigenvalue weighted by molar-refractivity contribution is 6.30. The van der Waals surface area contributed by atoms with Crippen LogP contribution in [0.25, 0.3) is 0 Å². The first-order valence-electron chi connectivity index (χ1n) is 5.78. The maximum Gasteiger partial charge on any atom is 0.436 e. The van der Waals surface area contributed by atoms with Crippen molar-refractivity contribution in [2.24, 2.45) is 0 Å². The topological polar surface area (TPSA) is 44.1 Å². The first-order valence-corrected chi connectivity index (χ1v) is 6.16. The number of aromatic nitrogens is 2. The van der Waals surface area contributed by atoms with Gasteiger partial charge in [-0.15, -0.1) is 0 Å². The van der Waals surface area contributed by atoms with Gasteiger partial charge < -0.3 is 4.74 Å². The van der Waals surface area contributed by atoms with Gasteiger partial charge in [0.15, 0.2) is 5.69 Å². The van der Waals surface area contributed by atoms with Crippen molar-refractivity contribution in [1.82, 2.24) is 9.78 Å². The number of halogens is 4. The Bertz CT molecular complexity index is 650. The highest BCUT2D eigenvalue weighted by Gasteiger charge is 2.39. The molecule has 0 unspecified atom stereocenters. The van der Waals surface area contributed by atoms with E-state index in [1.165, 1.54) is 0 Å². The minimum atomic E-state index is -4.73. The van der Waals surface area contributed by atoms with Crippen LogP contribution in [-0.4, -0.2) is 22.9 Å². The summed E-state index contributed by atoms with van der Waals surface area (Å²) in [5.41, 5.74) is -1.17. The number of methoxy groups -OCH3 is 1. The number of esters is 1.